The fraction of sp³-hybridized carbons (Fsp3) is 0.300. The van der Waals surface area contributed by atoms with Crippen molar-refractivity contribution in [1.82, 2.24) is 0 Å². The Morgan fingerprint density at radius 3 is 2.64 bits per heavy atom. The number of hydrogen-bond acceptors (Lipinski definition) is 1. The average molecular weight is 149 g/mol. The Hall–Kier alpha value is -0.820. The van der Waals surface area contributed by atoms with Crippen LogP contribution in [0.25, 0.3) is 0 Å². The lowest BCUT2D eigenvalue weighted by atomic mass is 10.2. The van der Waals surface area contributed by atoms with Crippen molar-refractivity contribution in [3.05, 3.63) is 42.5 Å². The summed E-state index contributed by atoms with van der Waals surface area (Å²) in [5.41, 5.74) is 1.13. The quantitative estimate of drug-likeness (QED) is 0.598. The first-order valence-corrected chi connectivity index (χ1v) is 3.93. The maximum Gasteiger partial charge on any atom is 0.113 e. The van der Waals surface area contributed by atoms with E-state index in [-0.39, 0.29) is 0 Å². The van der Waals surface area contributed by atoms with Gasteiger partial charge in [0.1, 0.15) is 6.61 Å². The summed E-state index contributed by atoms with van der Waals surface area (Å²) in [6.07, 6.45) is 1.06. The van der Waals surface area contributed by atoms with Gasteiger partial charge < -0.3 is 4.74 Å². The molecule has 0 heterocycles. The molecule has 0 atom stereocenters. The second-order valence-corrected chi connectivity index (χ2v) is 2.40. The molecule has 0 saturated carbocycles. The molecule has 0 fully saturated rings. The monoisotopic (exact) mass is 149 g/mol. The second kappa shape index (κ2) is 4.91. The molecule has 0 saturated heterocycles. The summed E-state index contributed by atoms with van der Waals surface area (Å²) in [7, 11) is 0. The average Bonchev–Trinajstić information content (AvgIpc) is 2.07. The van der Waals surface area contributed by atoms with Gasteiger partial charge in [0, 0.05) is 6.61 Å². The molecule has 0 aliphatic carbocycles. The van der Waals surface area contributed by atoms with Crippen molar-refractivity contribution in [3.63, 3.8) is 0 Å². The zero-order valence-electron chi connectivity index (χ0n) is 6.79. The summed E-state index contributed by atoms with van der Waals surface area (Å²) < 4.78 is 5.24. The molecule has 1 nitrogen and oxygen atoms in total. The van der Waals surface area contributed by atoms with E-state index in [4.69, 9.17) is 4.74 Å². The maximum absolute atomic E-state index is 5.24. The van der Waals surface area contributed by atoms with Gasteiger partial charge in [0.15, 0.2) is 0 Å². The largest absolute Gasteiger partial charge is 0.370 e. The minimum absolute atomic E-state index is 0.800. The van der Waals surface area contributed by atoms with Crippen LogP contribution < -0.4 is 0 Å². The van der Waals surface area contributed by atoms with Gasteiger partial charge in [-0.1, -0.05) is 37.3 Å². The van der Waals surface area contributed by atoms with E-state index in [0.29, 0.717) is 0 Å². The van der Waals surface area contributed by atoms with E-state index in [1.807, 2.05) is 30.3 Å². The number of hydrogen-bond donors (Lipinski definition) is 0. The first-order chi connectivity index (χ1) is 5.43. The molecule has 1 rings (SSSR count). The van der Waals surface area contributed by atoms with Crippen LogP contribution in [0.1, 0.15) is 18.9 Å². The van der Waals surface area contributed by atoms with Crippen molar-refractivity contribution in [3.8, 4) is 0 Å². The molecule has 0 spiro atoms. The Bertz CT molecular complexity index is 181. The Morgan fingerprint density at radius 2 is 2.00 bits per heavy atom. The van der Waals surface area contributed by atoms with Gasteiger partial charge in [-0.15, -0.1) is 0 Å². The molecule has 0 N–H and O–H groups in total. The fourth-order valence-corrected chi connectivity index (χ4v) is 0.805. The molecule has 0 bridgehead atoms. The molecular weight excluding hydrogens is 136 g/mol. The predicted molar refractivity (Wildman–Crippen MR) is 46.1 cm³/mol. The van der Waals surface area contributed by atoms with Crippen LogP contribution in [-0.2, 0) is 4.74 Å². The van der Waals surface area contributed by atoms with Crippen molar-refractivity contribution >= 4 is 0 Å². The molecule has 0 aliphatic heterocycles. The highest BCUT2D eigenvalue weighted by molar-refractivity contribution is 5.19. The minimum atomic E-state index is 0.800. The normalized spacial score (nSPS) is 9.91. The van der Waals surface area contributed by atoms with Crippen molar-refractivity contribution in [1.29, 1.82) is 0 Å². The SMILES string of the molecule is CCCO[CH]c1ccccc1. The molecule has 1 aromatic rings. The maximum atomic E-state index is 5.24. The highest BCUT2D eigenvalue weighted by Gasteiger charge is 1.89. The van der Waals surface area contributed by atoms with E-state index in [2.05, 4.69) is 6.92 Å². The first-order valence-electron chi connectivity index (χ1n) is 3.93. The van der Waals surface area contributed by atoms with Crippen LogP contribution in [0.2, 0.25) is 0 Å². The Labute approximate surface area is 68.0 Å². The number of ether oxygens (including phenoxy) is 1. The number of rotatable bonds is 4. The Balaban J connectivity index is 2.28. The number of benzene rings is 1. The van der Waals surface area contributed by atoms with Gasteiger partial charge in [-0.25, -0.2) is 0 Å². The van der Waals surface area contributed by atoms with Crippen LogP contribution in [0.15, 0.2) is 30.3 Å². The standard InChI is InChI=1S/C10H13O/c1-2-8-11-9-10-6-4-3-5-7-10/h3-7,9H,2,8H2,1H3. The van der Waals surface area contributed by atoms with E-state index in [1.165, 1.54) is 0 Å². The summed E-state index contributed by atoms with van der Waals surface area (Å²) >= 11 is 0. The second-order valence-electron chi connectivity index (χ2n) is 2.40. The first kappa shape index (κ1) is 8.28. The van der Waals surface area contributed by atoms with Crippen LogP contribution in [-0.4, -0.2) is 6.61 Å². The fourth-order valence-electron chi connectivity index (χ4n) is 0.805. The van der Waals surface area contributed by atoms with Gasteiger partial charge in [-0.3, -0.25) is 0 Å². The smallest absolute Gasteiger partial charge is 0.113 e. The molecule has 1 radical (unpaired) electrons. The molecule has 0 aromatic heterocycles. The zero-order valence-corrected chi connectivity index (χ0v) is 6.79. The lowest BCUT2D eigenvalue weighted by molar-refractivity contribution is 0.213. The van der Waals surface area contributed by atoms with Crippen molar-refractivity contribution in [2.24, 2.45) is 0 Å². The van der Waals surface area contributed by atoms with Gasteiger partial charge in [0.2, 0.25) is 0 Å². The Kier molecular flexibility index (Phi) is 3.70. The van der Waals surface area contributed by atoms with E-state index in [9.17, 15) is 0 Å². The lowest BCUT2D eigenvalue weighted by Crippen LogP contribution is -1.90. The van der Waals surface area contributed by atoms with Gasteiger partial charge in [0.25, 0.3) is 0 Å². The topological polar surface area (TPSA) is 9.23 Å². The van der Waals surface area contributed by atoms with Crippen LogP contribution in [0.4, 0.5) is 0 Å². The molecular formula is C10H13O. The zero-order chi connectivity index (χ0) is 7.94. The third-order valence-electron chi connectivity index (χ3n) is 1.34. The lowest BCUT2D eigenvalue weighted by Gasteiger charge is -1.99. The van der Waals surface area contributed by atoms with Crippen LogP contribution in [0.5, 0.6) is 0 Å². The summed E-state index contributed by atoms with van der Waals surface area (Å²) in [6, 6.07) is 10.0. The van der Waals surface area contributed by atoms with Crippen molar-refractivity contribution < 1.29 is 4.74 Å². The minimum Gasteiger partial charge on any atom is -0.370 e. The van der Waals surface area contributed by atoms with E-state index < -0.39 is 0 Å². The highest BCUT2D eigenvalue weighted by atomic mass is 16.5. The summed E-state index contributed by atoms with van der Waals surface area (Å²) in [5, 5.41) is 0. The highest BCUT2D eigenvalue weighted by Crippen LogP contribution is 2.02. The van der Waals surface area contributed by atoms with Crippen molar-refractivity contribution in [2.75, 3.05) is 6.61 Å². The third-order valence-corrected chi connectivity index (χ3v) is 1.34. The summed E-state index contributed by atoms with van der Waals surface area (Å²) in [5.74, 6) is 0. The van der Waals surface area contributed by atoms with E-state index in [0.717, 1.165) is 18.6 Å². The summed E-state index contributed by atoms with van der Waals surface area (Å²) in [4.78, 5) is 0. The van der Waals surface area contributed by atoms with Crippen LogP contribution in [0, 0.1) is 6.61 Å². The molecule has 59 valence electrons. The van der Waals surface area contributed by atoms with E-state index >= 15 is 0 Å². The predicted octanol–water partition coefficient (Wildman–Crippen LogP) is 2.62. The summed E-state index contributed by atoms with van der Waals surface area (Å²) in [6.45, 7) is 4.69. The van der Waals surface area contributed by atoms with Crippen LogP contribution >= 0.6 is 0 Å². The third kappa shape index (κ3) is 3.19. The molecule has 1 aromatic carbocycles. The van der Waals surface area contributed by atoms with Crippen molar-refractivity contribution in [2.45, 2.75) is 13.3 Å². The van der Waals surface area contributed by atoms with Gasteiger partial charge in [0.05, 0.1) is 0 Å². The molecule has 1 heteroatoms. The Morgan fingerprint density at radius 1 is 1.27 bits per heavy atom. The van der Waals surface area contributed by atoms with Crippen LogP contribution in [0.3, 0.4) is 0 Å². The molecule has 0 unspecified atom stereocenters. The molecule has 0 amide bonds. The van der Waals surface area contributed by atoms with Gasteiger partial charge in [-0.2, -0.15) is 0 Å². The van der Waals surface area contributed by atoms with Gasteiger partial charge >= 0.3 is 0 Å². The van der Waals surface area contributed by atoms with Gasteiger partial charge in [-0.05, 0) is 12.0 Å². The molecule has 0 aliphatic rings. The molecule has 11 heavy (non-hydrogen) atoms. The van der Waals surface area contributed by atoms with E-state index in [1.54, 1.807) is 6.61 Å².